The lowest BCUT2D eigenvalue weighted by molar-refractivity contribution is -0.0453. The highest BCUT2D eigenvalue weighted by molar-refractivity contribution is 6.02. The SMILES string of the molecule is COc1ccccc1CN1CCC2(CC1)C[C@]1(CO2)NC(=O)c2ccccc2N1. The van der Waals surface area contributed by atoms with E-state index in [0.29, 0.717) is 12.2 Å². The number of carbonyl (C=O) groups excluding carboxylic acids is 1. The summed E-state index contributed by atoms with van der Waals surface area (Å²) in [6, 6.07) is 15.9. The van der Waals surface area contributed by atoms with Gasteiger partial charge in [-0.05, 0) is 31.0 Å². The Bertz CT molecular complexity index is 923. The molecule has 2 fully saturated rings. The van der Waals surface area contributed by atoms with Crippen LogP contribution >= 0.6 is 0 Å². The van der Waals surface area contributed by atoms with Crippen LogP contribution in [0.4, 0.5) is 5.69 Å². The van der Waals surface area contributed by atoms with Crippen molar-refractivity contribution in [3.8, 4) is 5.75 Å². The molecule has 0 unspecified atom stereocenters. The highest BCUT2D eigenvalue weighted by Gasteiger charge is 2.53. The zero-order chi connectivity index (χ0) is 19.9. The number of nitrogens with one attached hydrogen (secondary N) is 2. The number of fused-ring (bicyclic) bond motifs is 1. The lowest BCUT2D eigenvalue weighted by Crippen LogP contribution is -2.59. The molecule has 3 aliphatic rings. The largest absolute Gasteiger partial charge is 0.496 e. The molecule has 0 bridgehead atoms. The first-order valence-corrected chi connectivity index (χ1v) is 10.3. The van der Waals surface area contributed by atoms with Gasteiger partial charge >= 0.3 is 0 Å². The number of hydrogen-bond donors (Lipinski definition) is 2. The van der Waals surface area contributed by atoms with Crippen LogP contribution in [0.3, 0.4) is 0 Å². The smallest absolute Gasteiger partial charge is 0.255 e. The third-order valence-electron chi connectivity index (χ3n) is 6.50. The van der Waals surface area contributed by atoms with E-state index in [4.69, 9.17) is 9.47 Å². The second-order valence-corrected chi connectivity index (χ2v) is 8.44. The second kappa shape index (κ2) is 7.04. The van der Waals surface area contributed by atoms with Crippen molar-refractivity contribution in [3.63, 3.8) is 0 Å². The van der Waals surface area contributed by atoms with E-state index in [-0.39, 0.29) is 11.5 Å². The standard InChI is InChI=1S/C23H27N3O3/c1-28-20-9-5-2-6-17(20)14-26-12-10-22(11-13-26)15-23(16-29-22)24-19-8-4-3-7-18(19)21(27)25-23/h2-9,24H,10-16H2,1H3,(H,25,27)/t23-/m1/s1. The van der Waals surface area contributed by atoms with E-state index in [2.05, 4.69) is 27.7 Å². The Kier molecular flexibility index (Phi) is 4.48. The Morgan fingerprint density at radius 1 is 1.07 bits per heavy atom. The molecule has 29 heavy (non-hydrogen) atoms. The van der Waals surface area contributed by atoms with E-state index in [1.165, 1.54) is 5.56 Å². The molecule has 3 aliphatic heterocycles. The maximum Gasteiger partial charge on any atom is 0.255 e. The molecule has 0 aromatic heterocycles. The predicted molar refractivity (Wildman–Crippen MR) is 111 cm³/mol. The van der Waals surface area contributed by atoms with Gasteiger partial charge in [0.15, 0.2) is 0 Å². The third kappa shape index (κ3) is 3.36. The van der Waals surface area contributed by atoms with Gasteiger partial charge in [0.25, 0.3) is 5.91 Å². The number of likely N-dealkylation sites (tertiary alicyclic amines) is 1. The molecule has 1 amide bonds. The summed E-state index contributed by atoms with van der Waals surface area (Å²) >= 11 is 0. The van der Waals surface area contributed by atoms with Gasteiger partial charge in [-0.3, -0.25) is 9.69 Å². The molecule has 152 valence electrons. The van der Waals surface area contributed by atoms with Crippen molar-refractivity contribution in [1.82, 2.24) is 10.2 Å². The van der Waals surface area contributed by atoms with Gasteiger partial charge in [0, 0.05) is 37.3 Å². The minimum atomic E-state index is -0.504. The molecule has 6 heteroatoms. The Hall–Kier alpha value is -2.57. The number of carbonyl (C=O) groups is 1. The van der Waals surface area contributed by atoms with Crippen LogP contribution in [0.1, 0.15) is 35.2 Å². The van der Waals surface area contributed by atoms with Crippen molar-refractivity contribution in [1.29, 1.82) is 0 Å². The van der Waals surface area contributed by atoms with Crippen molar-refractivity contribution >= 4 is 11.6 Å². The zero-order valence-electron chi connectivity index (χ0n) is 16.7. The summed E-state index contributed by atoms with van der Waals surface area (Å²) in [6.07, 6.45) is 2.72. The van der Waals surface area contributed by atoms with E-state index in [1.54, 1.807) is 7.11 Å². The third-order valence-corrected chi connectivity index (χ3v) is 6.50. The molecular weight excluding hydrogens is 366 g/mol. The molecule has 2 N–H and O–H groups in total. The quantitative estimate of drug-likeness (QED) is 0.839. The molecule has 2 saturated heterocycles. The Morgan fingerprint density at radius 2 is 1.83 bits per heavy atom. The average Bonchev–Trinajstić information content (AvgIpc) is 3.07. The van der Waals surface area contributed by atoms with Gasteiger partial charge in [-0.25, -0.2) is 0 Å². The van der Waals surface area contributed by atoms with Gasteiger partial charge in [-0.15, -0.1) is 0 Å². The topological polar surface area (TPSA) is 62.8 Å². The Balaban J connectivity index is 1.25. The second-order valence-electron chi connectivity index (χ2n) is 8.44. The summed E-state index contributed by atoms with van der Waals surface area (Å²) in [4.78, 5) is 15.1. The number of amides is 1. The van der Waals surface area contributed by atoms with Crippen LogP contribution in [0.15, 0.2) is 48.5 Å². The fourth-order valence-corrected chi connectivity index (χ4v) is 4.97. The summed E-state index contributed by atoms with van der Waals surface area (Å²) in [7, 11) is 1.72. The van der Waals surface area contributed by atoms with E-state index in [9.17, 15) is 4.79 Å². The lowest BCUT2D eigenvalue weighted by atomic mass is 9.84. The molecule has 0 aliphatic carbocycles. The molecule has 2 aromatic carbocycles. The number of methoxy groups -OCH3 is 1. The Morgan fingerprint density at radius 3 is 2.66 bits per heavy atom. The van der Waals surface area contributed by atoms with Gasteiger partial charge in [0.2, 0.25) is 0 Å². The van der Waals surface area contributed by atoms with E-state index < -0.39 is 5.66 Å². The highest BCUT2D eigenvalue weighted by atomic mass is 16.5. The van der Waals surface area contributed by atoms with Crippen LogP contribution in [-0.4, -0.2) is 48.9 Å². The van der Waals surface area contributed by atoms with Gasteiger partial charge in [0.05, 0.1) is 24.9 Å². The van der Waals surface area contributed by atoms with Crippen LogP contribution in [0.5, 0.6) is 5.75 Å². The number of anilines is 1. The Labute approximate surface area is 171 Å². The first-order chi connectivity index (χ1) is 14.1. The van der Waals surface area contributed by atoms with Crippen LogP contribution in [-0.2, 0) is 11.3 Å². The molecule has 0 saturated carbocycles. The number of hydrogen-bond acceptors (Lipinski definition) is 5. The van der Waals surface area contributed by atoms with Crippen molar-refractivity contribution in [2.75, 3.05) is 32.1 Å². The zero-order valence-corrected chi connectivity index (χ0v) is 16.7. The molecule has 0 radical (unpaired) electrons. The molecule has 2 spiro atoms. The summed E-state index contributed by atoms with van der Waals surface area (Å²) < 4.78 is 11.8. The van der Waals surface area contributed by atoms with E-state index in [0.717, 1.165) is 50.3 Å². The number of benzene rings is 2. The predicted octanol–water partition coefficient (Wildman–Crippen LogP) is 3.00. The van der Waals surface area contributed by atoms with Crippen molar-refractivity contribution < 1.29 is 14.3 Å². The van der Waals surface area contributed by atoms with Crippen LogP contribution in [0, 0.1) is 0 Å². The maximum absolute atomic E-state index is 12.6. The summed E-state index contributed by atoms with van der Waals surface area (Å²) in [5, 5.41) is 6.73. The molecule has 2 aromatic rings. The molecule has 5 rings (SSSR count). The molecule has 6 nitrogen and oxygen atoms in total. The fraction of sp³-hybridized carbons (Fsp3) is 0.435. The minimum absolute atomic E-state index is 0.0198. The monoisotopic (exact) mass is 393 g/mol. The van der Waals surface area contributed by atoms with Crippen LogP contribution < -0.4 is 15.4 Å². The fourth-order valence-electron chi connectivity index (χ4n) is 4.97. The summed E-state index contributed by atoms with van der Waals surface area (Å²) in [6.45, 7) is 3.32. The van der Waals surface area contributed by atoms with Crippen molar-refractivity contribution in [2.24, 2.45) is 0 Å². The van der Waals surface area contributed by atoms with Crippen LogP contribution in [0.25, 0.3) is 0 Å². The molecular formula is C23H27N3O3. The minimum Gasteiger partial charge on any atom is -0.496 e. The maximum atomic E-state index is 12.6. The first kappa shape index (κ1) is 18.5. The van der Waals surface area contributed by atoms with Crippen LogP contribution in [0.2, 0.25) is 0 Å². The van der Waals surface area contributed by atoms with E-state index >= 15 is 0 Å². The number of para-hydroxylation sites is 2. The summed E-state index contributed by atoms with van der Waals surface area (Å²) in [5.74, 6) is 0.922. The van der Waals surface area contributed by atoms with Gasteiger partial charge in [0.1, 0.15) is 11.4 Å². The highest BCUT2D eigenvalue weighted by Crippen LogP contribution is 2.43. The van der Waals surface area contributed by atoms with E-state index in [1.807, 2.05) is 36.4 Å². The molecule has 1 atom stereocenters. The number of ether oxygens (including phenoxy) is 2. The lowest BCUT2D eigenvalue weighted by Gasteiger charge is -2.41. The first-order valence-electron chi connectivity index (χ1n) is 10.3. The molecule has 3 heterocycles. The van der Waals surface area contributed by atoms with Gasteiger partial charge in [-0.1, -0.05) is 30.3 Å². The van der Waals surface area contributed by atoms with Gasteiger partial charge < -0.3 is 20.1 Å². The number of piperidine rings is 1. The van der Waals surface area contributed by atoms with Gasteiger partial charge in [-0.2, -0.15) is 0 Å². The number of rotatable bonds is 3. The number of nitrogens with zero attached hydrogens (tertiary/aromatic N) is 1. The van der Waals surface area contributed by atoms with Crippen molar-refractivity contribution in [3.05, 3.63) is 59.7 Å². The normalized spacial score (nSPS) is 25.5. The summed E-state index contributed by atoms with van der Waals surface area (Å²) in [5.41, 5.74) is 2.13. The average molecular weight is 393 g/mol. The van der Waals surface area contributed by atoms with Crippen molar-refractivity contribution in [2.45, 2.75) is 37.1 Å².